The predicted molar refractivity (Wildman–Crippen MR) is 93.7 cm³/mol. The summed E-state index contributed by atoms with van der Waals surface area (Å²) >= 11 is 0. The van der Waals surface area contributed by atoms with E-state index in [1.807, 2.05) is 6.07 Å². The lowest BCUT2D eigenvalue weighted by Crippen LogP contribution is -2.36. The van der Waals surface area contributed by atoms with Crippen molar-refractivity contribution < 1.29 is 4.57 Å². The highest BCUT2D eigenvalue weighted by Gasteiger charge is 2.11. The van der Waals surface area contributed by atoms with Crippen molar-refractivity contribution in [3.8, 4) is 0 Å². The first-order valence-corrected chi connectivity index (χ1v) is 7.67. The number of rotatable bonds is 4. The van der Waals surface area contributed by atoms with Crippen LogP contribution in [0.4, 0.5) is 5.69 Å². The van der Waals surface area contributed by atoms with E-state index < -0.39 is 0 Å². The van der Waals surface area contributed by atoms with Crippen LogP contribution in [0.2, 0.25) is 0 Å². The molecule has 0 N–H and O–H groups in total. The summed E-state index contributed by atoms with van der Waals surface area (Å²) in [6, 6.07) is 23.3. The number of aromatic nitrogens is 1. The van der Waals surface area contributed by atoms with Crippen molar-refractivity contribution in [3.63, 3.8) is 0 Å². The highest BCUT2D eigenvalue weighted by atomic mass is 15.1. The molecular formula is C20H21N2+. The van der Waals surface area contributed by atoms with Crippen molar-refractivity contribution in [2.75, 3.05) is 11.9 Å². The van der Waals surface area contributed by atoms with Crippen LogP contribution >= 0.6 is 0 Å². The molecule has 0 saturated heterocycles. The van der Waals surface area contributed by atoms with E-state index in [0.29, 0.717) is 0 Å². The lowest BCUT2D eigenvalue weighted by molar-refractivity contribution is -0.669. The van der Waals surface area contributed by atoms with Gasteiger partial charge in [0.2, 0.25) is 11.2 Å². The molecule has 1 heterocycles. The zero-order valence-corrected chi connectivity index (χ0v) is 13.1. The summed E-state index contributed by atoms with van der Waals surface area (Å²) in [5.74, 6) is 0. The molecule has 22 heavy (non-hydrogen) atoms. The van der Waals surface area contributed by atoms with Gasteiger partial charge >= 0.3 is 0 Å². The van der Waals surface area contributed by atoms with E-state index in [1.165, 1.54) is 22.3 Å². The zero-order chi connectivity index (χ0) is 15.4. The molecule has 0 fully saturated rings. The monoisotopic (exact) mass is 289 g/mol. The topological polar surface area (TPSA) is 7.12 Å². The second-order valence-electron chi connectivity index (χ2n) is 5.32. The molecule has 3 rings (SSSR count). The van der Waals surface area contributed by atoms with Crippen LogP contribution < -0.4 is 9.47 Å². The van der Waals surface area contributed by atoms with Gasteiger partial charge in [-0.05, 0) is 31.2 Å². The summed E-state index contributed by atoms with van der Waals surface area (Å²) in [7, 11) is 2.07. The van der Waals surface area contributed by atoms with E-state index >= 15 is 0 Å². The molecule has 2 nitrogen and oxygen atoms in total. The van der Waals surface area contributed by atoms with Gasteiger partial charge in [0.1, 0.15) is 6.54 Å². The van der Waals surface area contributed by atoms with E-state index in [2.05, 4.69) is 96.4 Å². The van der Waals surface area contributed by atoms with Gasteiger partial charge < -0.3 is 4.90 Å². The van der Waals surface area contributed by atoms with Gasteiger partial charge in [0.15, 0.2) is 0 Å². The summed E-state index contributed by atoms with van der Waals surface area (Å²) in [5.41, 5.74) is 3.67. The van der Waals surface area contributed by atoms with Crippen LogP contribution in [0.1, 0.15) is 12.6 Å². The normalized spacial score (nSPS) is 11.2. The standard InChI is InChI=1S/C20H21N2/c1-3-22-19(14-13-17-9-7-8-12-20(17)22)15-16-21(2)18-10-5-4-6-11-18/h4-16H,3H2,1-2H3/q+1. The maximum absolute atomic E-state index is 2.34. The van der Waals surface area contributed by atoms with E-state index in [1.54, 1.807) is 0 Å². The van der Waals surface area contributed by atoms with E-state index in [4.69, 9.17) is 0 Å². The van der Waals surface area contributed by atoms with Gasteiger partial charge in [-0.25, -0.2) is 0 Å². The van der Waals surface area contributed by atoms with Crippen molar-refractivity contribution in [3.05, 3.63) is 78.6 Å². The van der Waals surface area contributed by atoms with Crippen LogP contribution in [0, 0.1) is 0 Å². The molecule has 0 saturated carbocycles. The van der Waals surface area contributed by atoms with Gasteiger partial charge in [0.05, 0.1) is 0 Å². The Kier molecular flexibility index (Phi) is 4.19. The van der Waals surface area contributed by atoms with Gasteiger partial charge in [0.25, 0.3) is 0 Å². The Morgan fingerprint density at radius 3 is 2.41 bits per heavy atom. The minimum atomic E-state index is 0.954. The molecule has 1 aromatic heterocycles. The number of benzene rings is 2. The summed E-state index contributed by atoms with van der Waals surface area (Å²) in [6.45, 7) is 3.14. The fraction of sp³-hybridized carbons (Fsp3) is 0.150. The van der Waals surface area contributed by atoms with E-state index in [0.717, 1.165) is 6.54 Å². The van der Waals surface area contributed by atoms with Crippen molar-refractivity contribution in [2.45, 2.75) is 13.5 Å². The van der Waals surface area contributed by atoms with Crippen molar-refractivity contribution in [2.24, 2.45) is 0 Å². The van der Waals surface area contributed by atoms with Gasteiger partial charge in [0, 0.05) is 42.5 Å². The first kappa shape index (κ1) is 14.3. The first-order chi connectivity index (χ1) is 10.8. The lowest BCUT2D eigenvalue weighted by Gasteiger charge is -2.13. The smallest absolute Gasteiger partial charge is 0.212 e. The van der Waals surface area contributed by atoms with Crippen LogP contribution in [0.5, 0.6) is 0 Å². The molecule has 0 unspecified atom stereocenters. The molecular weight excluding hydrogens is 268 g/mol. The van der Waals surface area contributed by atoms with E-state index in [9.17, 15) is 0 Å². The number of pyridine rings is 1. The SMILES string of the molecule is CC[n+]1c(/C=C/N(C)c2ccccc2)ccc2ccccc21. The maximum Gasteiger partial charge on any atom is 0.212 e. The minimum absolute atomic E-state index is 0.954. The third-order valence-corrected chi connectivity index (χ3v) is 3.92. The van der Waals surface area contributed by atoms with Crippen LogP contribution in [-0.2, 0) is 6.54 Å². The second-order valence-corrected chi connectivity index (χ2v) is 5.32. The molecule has 3 aromatic rings. The summed E-state index contributed by atoms with van der Waals surface area (Å²) < 4.78 is 2.34. The van der Waals surface area contributed by atoms with Crippen LogP contribution in [0.3, 0.4) is 0 Å². The van der Waals surface area contributed by atoms with Gasteiger partial charge in [-0.15, -0.1) is 0 Å². The molecule has 0 aliphatic carbocycles. The Labute approximate surface area is 131 Å². The first-order valence-electron chi connectivity index (χ1n) is 7.67. The van der Waals surface area contributed by atoms with Crippen LogP contribution in [-0.4, -0.2) is 7.05 Å². The van der Waals surface area contributed by atoms with Crippen molar-refractivity contribution in [1.82, 2.24) is 0 Å². The molecule has 2 heteroatoms. The number of nitrogens with zero attached hydrogens (tertiary/aromatic N) is 2. The fourth-order valence-corrected chi connectivity index (χ4v) is 2.71. The molecule has 0 atom stereocenters. The van der Waals surface area contributed by atoms with Gasteiger partial charge in [-0.1, -0.05) is 30.3 Å². The Morgan fingerprint density at radius 2 is 1.64 bits per heavy atom. The number of anilines is 1. The maximum atomic E-state index is 2.34. The number of fused-ring (bicyclic) bond motifs is 1. The molecule has 0 aliphatic rings. The number of aryl methyl sites for hydroxylation is 1. The molecule has 0 bridgehead atoms. The largest absolute Gasteiger partial charge is 0.351 e. The Hall–Kier alpha value is -2.61. The Morgan fingerprint density at radius 1 is 0.909 bits per heavy atom. The average molecular weight is 289 g/mol. The lowest BCUT2D eigenvalue weighted by atomic mass is 10.2. The highest BCUT2D eigenvalue weighted by molar-refractivity contribution is 5.76. The molecule has 0 spiro atoms. The molecule has 0 amide bonds. The third kappa shape index (κ3) is 2.86. The Balaban J connectivity index is 1.95. The molecule has 110 valence electrons. The van der Waals surface area contributed by atoms with E-state index in [-0.39, 0.29) is 0 Å². The van der Waals surface area contributed by atoms with Crippen LogP contribution in [0.25, 0.3) is 17.0 Å². The average Bonchev–Trinajstić information content (AvgIpc) is 2.59. The summed E-state index contributed by atoms with van der Waals surface area (Å²) in [6.07, 6.45) is 4.29. The zero-order valence-electron chi connectivity index (χ0n) is 13.1. The second kappa shape index (κ2) is 6.44. The quantitative estimate of drug-likeness (QED) is 0.651. The van der Waals surface area contributed by atoms with Crippen molar-refractivity contribution >= 4 is 22.7 Å². The third-order valence-electron chi connectivity index (χ3n) is 3.92. The minimum Gasteiger partial charge on any atom is -0.351 e. The number of hydrogen-bond acceptors (Lipinski definition) is 1. The Bertz CT molecular complexity index is 791. The number of hydrogen-bond donors (Lipinski definition) is 0. The highest BCUT2D eigenvalue weighted by Crippen LogP contribution is 2.14. The van der Waals surface area contributed by atoms with Crippen LogP contribution in [0.15, 0.2) is 72.9 Å². The summed E-state index contributed by atoms with van der Waals surface area (Å²) in [5, 5.41) is 1.28. The van der Waals surface area contributed by atoms with Gasteiger partial charge in [-0.3, -0.25) is 0 Å². The predicted octanol–water partition coefficient (Wildman–Crippen LogP) is 4.25. The summed E-state index contributed by atoms with van der Waals surface area (Å²) in [4.78, 5) is 2.13. The molecule has 0 aliphatic heterocycles. The fourth-order valence-electron chi connectivity index (χ4n) is 2.71. The van der Waals surface area contributed by atoms with Crippen molar-refractivity contribution in [1.29, 1.82) is 0 Å². The molecule has 2 aromatic carbocycles. The van der Waals surface area contributed by atoms with Gasteiger partial charge in [-0.2, -0.15) is 4.57 Å². The molecule has 0 radical (unpaired) electrons. The number of para-hydroxylation sites is 2.